The van der Waals surface area contributed by atoms with Crippen molar-refractivity contribution in [3.05, 3.63) is 29.8 Å². The van der Waals surface area contributed by atoms with Gasteiger partial charge >= 0.3 is 0 Å². The number of benzene rings is 1. The summed E-state index contributed by atoms with van der Waals surface area (Å²) < 4.78 is 30.7. The maximum Gasteiger partial charge on any atom is 0.223 e. The number of carbonyl (C=O) groups excluding carboxylic acids is 1. The van der Waals surface area contributed by atoms with E-state index in [0.29, 0.717) is 32.5 Å². The normalized spacial score (nSPS) is 24.2. The van der Waals surface area contributed by atoms with Crippen molar-refractivity contribution in [3.63, 3.8) is 0 Å². The van der Waals surface area contributed by atoms with Crippen molar-refractivity contribution in [1.82, 2.24) is 9.21 Å². The second-order valence-corrected chi connectivity index (χ2v) is 9.02. The number of ether oxygens (including phenoxy) is 1. The summed E-state index contributed by atoms with van der Waals surface area (Å²) in [7, 11) is -1.58. The highest BCUT2D eigenvalue weighted by atomic mass is 32.2. The first-order valence-electron chi connectivity index (χ1n) is 8.75. The van der Waals surface area contributed by atoms with Gasteiger partial charge in [0.25, 0.3) is 0 Å². The minimum Gasteiger partial charge on any atom is -0.496 e. The molecule has 7 heteroatoms. The Kier molecular flexibility index (Phi) is 5.34. The summed E-state index contributed by atoms with van der Waals surface area (Å²) in [5.74, 6) is 1.15. The topological polar surface area (TPSA) is 66.9 Å². The third-order valence-electron chi connectivity index (χ3n) is 5.27. The molecule has 2 atom stereocenters. The van der Waals surface area contributed by atoms with Gasteiger partial charge in [-0.1, -0.05) is 18.2 Å². The van der Waals surface area contributed by atoms with Crippen LogP contribution < -0.4 is 4.74 Å². The van der Waals surface area contributed by atoms with E-state index in [4.69, 9.17) is 4.74 Å². The van der Waals surface area contributed by atoms with Crippen molar-refractivity contribution in [3.8, 4) is 5.75 Å². The number of nitrogens with zero attached hydrogens (tertiary/aromatic N) is 2. The van der Waals surface area contributed by atoms with E-state index in [1.54, 1.807) is 11.4 Å². The number of methoxy groups -OCH3 is 1. The zero-order valence-corrected chi connectivity index (χ0v) is 15.7. The molecule has 0 aromatic heterocycles. The lowest BCUT2D eigenvalue weighted by atomic mass is 9.94. The number of piperidine rings is 1. The summed E-state index contributed by atoms with van der Waals surface area (Å²) in [6.07, 6.45) is 4.19. The van der Waals surface area contributed by atoms with Gasteiger partial charge in [0.05, 0.1) is 13.4 Å². The van der Waals surface area contributed by atoms with Crippen molar-refractivity contribution < 1.29 is 17.9 Å². The first-order valence-corrected chi connectivity index (χ1v) is 10.6. The van der Waals surface area contributed by atoms with Crippen LogP contribution in [-0.4, -0.2) is 62.6 Å². The molecular formula is C18H26N2O4S. The molecule has 3 aliphatic rings. The molecule has 25 heavy (non-hydrogen) atoms. The number of hydrogen-bond donors (Lipinski definition) is 0. The monoisotopic (exact) mass is 366 g/mol. The van der Waals surface area contributed by atoms with Crippen LogP contribution in [0.25, 0.3) is 0 Å². The quantitative estimate of drug-likeness (QED) is 0.792. The van der Waals surface area contributed by atoms with E-state index in [0.717, 1.165) is 24.2 Å². The zero-order valence-electron chi connectivity index (χ0n) is 14.8. The molecule has 3 saturated heterocycles. The van der Waals surface area contributed by atoms with E-state index < -0.39 is 10.0 Å². The Morgan fingerprint density at radius 2 is 1.96 bits per heavy atom. The first kappa shape index (κ1) is 18.2. The first-order chi connectivity index (χ1) is 11.9. The van der Waals surface area contributed by atoms with Gasteiger partial charge in [-0.05, 0) is 36.8 Å². The van der Waals surface area contributed by atoms with E-state index in [1.165, 1.54) is 6.26 Å². The van der Waals surface area contributed by atoms with E-state index in [2.05, 4.69) is 0 Å². The molecule has 1 aromatic carbocycles. The molecule has 3 fully saturated rings. The summed E-state index contributed by atoms with van der Waals surface area (Å²) in [5, 5.41) is 0. The number of amides is 1. The molecule has 0 spiro atoms. The van der Waals surface area contributed by atoms with Gasteiger partial charge in [0, 0.05) is 32.1 Å². The highest BCUT2D eigenvalue weighted by molar-refractivity contribution is 7.88. The summed E-state index contributed by atoms with van der Waals surface area (Å²) >= 11 is 0. The minimum atomic E-state index is -3.21. The lowest BCUT2D eigenvalue weighted by molar-refractivity contribution is -0.135. The highest BCUT2D eigenvalue weighted by Gasteiger charge is 2.39. The van der Waals surface area contributed by atoms with Crippen LogP contribution in [0.5, 0.6) is 5.75 Å². The Labute approximate surface area is 149 Å². The summed E-state index contributed by atoms with van der Waals surface area (Å²) in [6, 6.07) is 7.74. The van der Waals surface area contributed by atoms with Crippen LogP contribution in [-0.2, 0) is 21.2 Å². The molecule has 0 N–H and O–H groups in total. The Morgan fingerprint density at radius 1 is 1.20 bits per heavy atom. The smallest absolute Gasteiger partial charge is 0.223 e. The third kappa shape index (κ3) is 4.15. The Morgan fingerprint density at radius 3 is 2.68 bits per heavy atom. The number of aryl methyl sites for hydroxylation is 1. The van der Waals surface area contributed by atoms with Gasteiger partial charge in [0.15, 0.2) is 0 Å². The average molecular weight is 366 g/mol. The van der Waals surface area contributed by atoms with Crippen LogP contribution in [0.3, 0.4) is 0 Å². The van der Waals surface area contributed by atoms with Gasteiger partial charge in [-0.25, -0.2) is 8.42 Å². The maximum absolute atomic E-state index is 12.8. The highest BCUT2D eigenvalue weighted by Crippen LogP contribution is 2.30. The standard InChI is InChI=1S/C18H26N2O4S/c1-24-17-6-4-3-5-15(17)8-10-18(21)20-12-14-7-9-16(20)13-19(11-14)25(2,22)23/h3-6,14,16H,7-13H2,1-2H3/t14-,16+/m1/s1. The van der Waals surface area contributed by atoms with Crippen molar-refractivity contribution in [2.75, 3.05) is 33.0 Å². The second kappa shape index (κ2) is 7.33. The summed E-state index contributed by atoms with van der Waals surface area (Å²) in [6.45, 7) is 1.63. The largest absolute Gasteiger partial charge is 0.496 e. The molecule has 3 aliphatic heterocycles. The van der Waals surface area contributed by atoms with Crippen molar-refractivity contribution in [2.45, 2.75) is 31.7 Å². The molecule has 0 unspecified atom stereocenters. The molecule has 138 valence electrons. The van der Waals surface area contributed by atoms with Gasteiger partial charge < -0.3 is 9.64 Å². The van der Waals surface area contributed by atoms with Gasteiger partial charge in [-0.2, -0.15) is 4.31 Å². The molecule has 4 rings (SSSR count). The summed E-state index contributed by atoms with van der Waals surface area (Å²) in [5.41, 5.74) is 1.02. The van der Waals surface area contributed by atoms with Crippen LogP contribution in [0.15, 0.2) is 24.3 Å². The average Bonchev–Trinajstić information content (AvgIpc) is 2.92. The molecule has 0 radical (unpaired) electrons. The Hall–Kier alpha value is -1.60. The summed E-state index contributed by atoms with van der Waals surface area (Å²) in [4.78, 5) is 14.7. The number of rotatable bonds is 5. The predicted molar refractivity (Wildman–Crippen MR) is 96.0 cm³/mol. The fraction of sp³-hybridized carbons (Fsp3) is 0.611. The fourth-order valence-electron chi connectivity index (χ4n) is 3.91. The fourth-order valence-corrected chi connectivity index (χ4v) is 4.83. The van der Waals surface area contributed by atoms with E-state index in [-0.39, 0.29) is 17.9 Å². The number of carbonyl (C=O) groups is 1. The van der Waals surface area contributed by atoms with Gasteiger partial charge in [0.2, 0.25) is 15.9 Å². The van der Waals surface area contributed by atoms with E-state index in [9.17, 15) is 13.2 Å². The molecule has 0 aliphatic carbocycles. The van der Waals surface area contributed by atoms with Crippen molar-refractivity contribution in [2.24, 2.45) is 5.92 Å². The molecular weight excluding hydrogens is 340 g/mol. The van der Waals surface area contributed by atoms with Crippen LogP contribution in [0, 0.1) is 5.92 Å². The lowest BCUT2D eigenvalue weighted by Crippen LogP contribution is -2.47. The number of fused-ring (bicyclic) bond motifs is 4. The Bertz CT molecular complexity index is 734. The minimum absolute atomic E-state index is 0.00126. The van der Waals surface area contributed by atoms with E-state index in [1.807, 2.05) is 29.2 Å². The third-order valence-corrected chi connectivity index (χ3v) is 6.51. The van der Waals surface area contributed by atoms with E-state index >= 15 is 0 Å². The lowest BCUT2D eigenvalue weighted by Gasteiger charge is -2.36. The van der Waals surface area contributed by atoms with Gasteiger partial charge in [-0.15, -0.1) is 0 Å². The van der Waals surface area contributed by atoms with Crippen LogP contribution in [0.4, 0.5) is 0 Å². The second-order valence-electron chi connectivity index (χ2n) is 7.04. The van der Waals surface area contributed by atoms with Crippen LogP contribution in [0.1, 0.15) is 24.8 Å². The van der Waals surface area contributed by atoms with Gasteiger partial charge in [0.1, 0.15) is 5.75 Å². The zero-order chi connectivity index (χ0) is 18.0. The molecule has 3 heterocycles. The van der Waals surface area contributed by atoms with Crippen molar-refractivity contribution in [1.29, 1.82) is 0 Å². The van der Waals surface area contributed by atoms with Crippen LogP contribution in [0.2, 0.25) is 0 Å². The Balaban J connectivity index is 1.67. The van der Waals surface area contributed by atoms with Crippen LogP contribution >= 0.6 is 0 Å². The molecule has 1 aromatic rings. The molecule has 2 bridgehead atoms. The molecule has 0 saturated carbocycles. The number of para-hydroxylation sites is 1. The molecule has 6 nitrogen and oxygen atoms in total. The molecule has 1 amide bonds. The predicted octanol–water partition coefficient (Wildman–Crippen LogP) is 1.51. The SMILES string of the molecule is COc1ccccc1CCC(=O)N1C[C@@H]2CC[C@H]1CN(S(C)(=O)=O)C2. The van der Waals surface area contributed by atoms with Gasteiger partial charge in [-0.3, -0.25) is 4.79 Å². The van der Waals surface area contributed by atoms with Crippen molar-refractivity contribution >= 4 is 15.9 Å². The number of hydrogen-bond acceptors (Lipinski definition) is 4. The number of sulfonamides is 1. The maximum atomic E-state index is 12.8.